The van der Waals surface area contributed by atoms with E-state index in [1.807, 2.05) is 0 Å². The van der Waals surface area contributed by atoms with Gasteiger partial charge in [0.2, 0.25) is 0 Å². The molecule has 21 heavy (non-hydrogen) atoms. The number of unbranched alkanes of at least 4 members (excludes halogenated alkanes) is 9. The van der Waals surface area contributed by atoms with E-state index in [-0.39, 0.29) is 17.0 Å². The second kappa shape index (κ2) is 15.3. The molecule has 0 fully saturated rings. The minimum atomic E-state index is 0. The van der Waals surface area contributed by atoms with Crippen molar-refractivity contribution in [2.45, 2.75) is 97.4 Å². The van der Waals surface area contributed by atoms with Crippen LogP contribution in [0, 0.1) is 0 Å². The number of quaternary nitrogens is 1. The molecule has 1 unspecified atom stereocenters. The molecule has 0 aromatic rings. The molecule has 0 rings (SSSR count). The van der Waals surface area contributed by atoms with Gasteiger partial charge in [-0.05, 0) is 20.3 Å². The van der Waals surface area contributed by atoms with Gasteiger partial charge in [-0.2, -0.15) is 4.65 Å². The second-order valence-corrected chi connectivity index (χ2v) is 6.67. The summed E-state index contributed by atoms with van der Waals surface area (Å²) in [7, 11) is 4.34. The summed E-state index contributed by atoms with van der Waals surface area (Å²) in [6.07, 6.45) is 15.4. The Morgan fingerprint density at radius 3 is 1.62 bits per heavy atom. The summed E-state index contributed by atoms with van der Waals surface area (Å²) in [5, 5.41) is 0. The average Bonchev–Trinajstić information content (AvgIpc) is 2.40. The van der Waals surface area contributed by atoms with E-state index >= 15 is 0 Å². The van der Waals surface area contributed by atoms with Gasteiger partial charge >= 0.3 is 0 Å². The molecule has 0 aromatic heterocycles. The van der Waals surface area contributed by atoms with Crippen molar-refractivity contribution in [1.82, 2.24) is 0 Å². The van der Waals surface area contributed by atoms with Crippen LogP contribution in [0.15, 0.2) is 0 Å². The van der Waals surface area contributed by atoms with Gasteiger partial charge in [0.05, 0.1) is 14.1 Å². The van der Waals surface area contributed by atoms with Crippen LogP contribution in [0.4, 0.5) is 0 Å². The first-order valence-corrected chi connectivity index (χ1v) is 9.02. The van der Waals surface area contributed by atoms with Gasteiger partial charge in [0, 0.05) is 6.42 Å². The first kappa shape index (κ1) is 23.7. The quantitative estimate of drug-likeness (QED) is 0.261. The molecule has 0 aliphatic carbocycles. The molecule has 0 aliphatic heterocycles. The highest BCUT2D eigenvalue weighted by Crippen LogP contribution is 2.16. The number of hydrogen-bond donors (Lipinski definition) is 0. The van der Waals surface area contributed by atoms with E-state index in [9.17, 15) is 0 Å². The van der Waals surface area contributed by atoms with Crippen LogP contribution in [-0.4, -0.2) is 31.4 Å². The topological polar surface area (TPSA) is 9.23 Å². The molecule has 0 aromatic carbocycles. The highest BCUT2D eigenvalue weighted by Gasteiger charge is 2.24. The van der Waals surface area contributed by atoms with E-state index < -0.39 is 0 Å². The van der Waals surface area contributed by atoms with Crippen molar-refractivity contribution < 1.29 is 26.5 Å². The van der Waals surface area contributed by atoms with E-state index in [0.29, 0.717) is 10.7 Å². The summed E-state index contributed by atoms with van der Waals surface area (Å²) >= 11 is 0. The fourth-order valence-electron chi connectivity index (χ4n) is 2.70. The molecule has 0 spiro atoms. The molecule has 3 heteroatoms. The van der Waals surface area contributed by atoms with Gasteiger partial charge in [0.25, 0.3) is 0 Å². The van der Waals surface area contributed by atoms with Crippen molar-refractivity contribution in [1.29, 1.82) is 0 Å². The Bertz CT molecular complexity index is 209. The number of nitrogens with zero attached hydrogens (tertiary/aromatic N) is 1. The summed E-state index contributed by atoms with van der Waals surface area (Å²) in [5.74, 6) is 0. The first-order valence-electron chi connectivity index (χ1n) is 9.02. The van der Waals surface area contributed by atoms with Crippen molar-refractivity contribution in [2.24, 2.45) is 0 Å². The highest BCUT2D eigenvalue weighted by molar-refractivity contribution is 4.52. The Morgan fingerprint density at radius 2 is 1.19 bits per heavy atom. The molecule has 1 atom stereocenters. The highest BCUT2D eigenvalue weighted by atomic mass is 79.9. The molecule has 0 saturated carbocycles. The van der Waals surface area contributed by atoms with E-state index in [1.54, 1.807) is 0 Å². The van der Waals surface area contributed by atoms with Crippen LogP contribution in [0.25, 0.3) is 0 Å². The number of hydroxylamine groups is 3. The monoisotopic (exact) mass is 365 g/mol. The van der Waals surface area contributed by atoms with Crippen molar-refractivity contribution in [2.75, 3.05) is 20.7 Å². The van der Waals surface area contributed by atoms with Crippen LogP contribution >= 0.6 is 0 Å². The van der Waals surface area contributed by atoms with E-state index in [4.69, 9.17) is 4.84 Å². The van der Waals surface area contributed by atoms with Crippen LogP contribution in [0.5, 0.6) is 0 Å². The molecule has 0 bridgehead atoms. The number of hydrogen-bond acceptors (Lipinski definition) is 1. The Morgan fingerprint density at radius 1 is 0.762 bits per heavy atom. The minimum absolute atomic E-state index is 0. The molecule has 0 amide bonds. The fourth-order valence-corrected chi connectivity index (χ4v) is 2.70. The van der Waals surface area contributed by atoms with Crippen LogP contribution in [0.2, 0.25) is 0 Å². The molecular weight excluding hydrogens is 326 g/mol. The normalized spacial score (nSPS) is 13.0. The van der Waals surface area contributed by atoms with Crippen molar-refractivity contribution >= 4 is 0 Å². The molecule has 0 radical (unpaired) electrons. The van der Waals surface area contributed by atoms with Crippen LogP contribution < -0.4 is 17.0 Å². The molecule has 0 heterocycles. The second-order valence-electron chi connectivity index (χ2n) is 6.67. The summed E-state index contributed by atoms with van der Waals surface area (Å²) in [6.45, 7) is 7.47. The maximum atomic E-state index is 5.77. The fraction of sp³-hybridized carbons (Fsp3) is 1.00. The summed E-state index contributed by atoms with van der Waals surface area (Å²) < 4.78 is 0.702. The maximum absolute atomic E-state index is 5.77. The van der Waals surface area contributed by atoms with Gasteiger partial charge in [-0.1, -0.05) is 64.7 Å². The molecular formula is C18H40BrNO. The molecule has 130 valence electrons. The smallest absolute Gasteiger partial charge is 0.116 e. The summed E-state index contributed by atoms with van der Waals surface area (Å²) in [6, 6.07) is 0.601. The summed E-state index contributed by atoms with van der Waals surface area (Å²) in [5.41, 5.74) is 0. The maximum Gasteiger partial charge on any atom is 0.116 e. The lowest BCUT2D eigenvalue weighted by Crippen LogP contribution is -3.00. The lowest BCUT2D eigenvalue weighted by molar-refractivity contribution is -1.09. The molecule has 0 aliphatic rings. The van der Waals surface area contributed by atoms with E-state index in [1.165, 1.54) is 70.6 Å². The molecule has 0 saturated heterocycles. The Hall–Kier alpha value is 0.400. The zero-order valence-electron chi connectivity index (χ0n) is 15.3. The first-order chi connectivity index (χ1) is 9.54. The summed E-state index contributed by atoms with van der Waals surface area (Å²) in [4.78, 5) is 5.77. The Balaban J connectivity index is 0. The average molecular weight is 366 g/mol. The number of rotatable bonds is 14. The van der Waals surface area contributed by atoms with Gasteiger partial charge in [-0.25, -0.2) is 4.84 Å². The van der Waals surface area contributed by atoms with E-state index in [2.05, 4.69) is 34.9 Å². The molecule has 2 nitrogen and oxygen atoms in total. The predicted molar refractivity (Wildman–Crippen MR) is 89.7 cm³/mol. The van der Waals surface area contributed by atoms with Crippen molar-refractivity contribution in [3.05, 3.63) is 0 Å². The predicted octanol–water partition coefficient (Wildman–Crippen LogP) is 2.72. The zero-order chi connectivity index (χ0) is 15.3. The molecule has 0 N–H and O–H groups in total. The third-order valence-electron chi connectivity index (χ3n) is 4.50. The minimum Gasteiger partial charge on any atom is -1.00 e. The Kier molecular flexibility index (Phi) is 17.2. The van der Waals surface area contributed by atoms with Crippen molar-refractivity contribution in [3.8, 4) is 0 Å². The third kappa shape index (κ3) is 13.8. The SMILES string of the molecule is CCCCCCCCCCCCC(C)[N+](C)(C)OCC.[Br-]. The van der Waals surface area contributed by atoms with Gasteiger partial charge in [0.1, 0.15) is 12.6 Å². The Labute approximate surface area is 144 Å². The zero-order valence-corrected chi connectivity index (χ0v) is 16.9. The largest absolute Gasteiger partial charge is 1.00 e. The van der Waals surface area contributed by atoms with Gasteiger partial charge in [-0.15, -0.1) is 0 Å². The van der Waals surface area contributed by atoms with Crippen molar-refractivity contribution in [3.63, 3.8) is 0 Å². The van der Waals surface area contributed by atoms with Crippen LogP contribution in [0.3, 0.4) is 0 Å². The number of halogens is 1. The standard InChI is InChI=1S/C18H40NO.BrH/c1-6-8-9-10-11-12-13-14-15-16-17-18(3)19(4,5)20-7-2;/h18H,6-17H2,1-5H3;1H/q+1;/p-1. The van der Waals surface area contributed by atoms with Gasteiger partial charge in [0.15, 0.2) is 0 Å². The third-order valence-corrected chi connectivity index (χ3v) is 4.50. The van der Waals surface area contributed by atoms with Crippen LogP contribution in [-0.2, 0) is 4.84 Å². The van der Waals surface area contributed by atoms with Gasteiger partial charge < -0.3 is 17.0 Å². The lowest BCUT2D eigenvalue weighted by atomic mass is 10.0. The van der Waals surface area contributed by atoms with Crippen LogP contribution in [0.1, 0.15) is 91.4 Å². The van der Waals surface area contributed by atoms with E-state index in [0.717, 1.165) is 6.61 Å². The van der Waals surface area contributed by atoms with Gasteiger partial charge in [-0.3, -0.25) is 0 Å². The lowest BCUT2D eigenvalue weighted by Gasteiger charge is -2.32.